The van der Waals surface area contributed by atoms with Crippen LogP contribution in [0.25, 0.3) is 5.57 Å². The fraction of sp³-hybridized carbons (Fsp3) is 0.269. The molecule has 6 nitrogen and oxygen atoms in total. The molecule has 1 unspecified atom stereocenters. The van der Waals surface area contributed by atoms with Crippen molar-refractivity contribution < 1.29 is 27.9 Å². The van der Waals surface area contributed by atoms with E-state index in [2.05, 4.69) is 10.3 Å². The summed E-state index contributed by atoms with van der Waals surface area (Å²) in [6.07, 6.45) is 4.69. The van der Waals surface area contributed by atoms with E-state index in [1.165, 1.54) is 6.07 Å². The zero-order valence-corrected chi connectivity index (χ0v) is 20.3. The largest absolute Gasteiger partial charge is 0.481 e. The number of rotatable bonds is 9. The Labute approximate surface area is 210 Å². The minimum Gasteiger partial charge on any atom is -0.481 e. The maximum Gasteiger partial charge on any atom is 0.426 e. The molecule has 0 aliphatic heterocycles. The number of nitrogens with zero attached hydrogens (tertiary/aromatic N) is 1. The molecule has 0 saturated heterocycles. The highest BCUT2D eigenvalue weighted by Crippen LogP contribution is 2.42. The van der Waals surface area contributed by atoms with Crippen molar-refractivity contribution in [1.82, 2.24) is 5.32 Å². The second kappa shape index (κ2) is 12.0. The van der Waals surface area contributed by atoms with Crippen LogP contribution in [0, 0.1) is 5.92 Å². The van der Waals surface area contributed by atoms with Crippen LogP contribution in [0.2, 0.25) is 0 Å². The van der Waals surface area contributed by atoms with Gasteiger partial charge in [0.05, 0.1) is 10.8 Å². The minimum absolute atomic E-state index is 0.0320. The van der Waals surface area contributed by atoms with Crippen LogP contribution in [0.15, 0.2) is 65.7 Å². The summed E-state index contributed by atoms with van der Waals surface area (Å²) in [5.41, 5.74) is 7.77. The summed E-state index contributed by atoms with van der Waals surface area (Å²) in [5, 5.41) is 12.1. The monoisotopic (exact) mass is 517 g/mol. The third-order valence-electron chi connectivity index (χ3n) is 5.52. The van der Waals surface area contributed by atoms with Crippen molar-refractivity contribution >= 4 is 34.6 Å². The quantitative estimate of drug-likeness (QED) is 0.234. The molecule has 2 aromatic rings. The predicted molar refractivity (Wildman–Crippen MR) is 135 cm³/mol. The maximum absolute atomic E-state index is 13.7. The van der Waals surface area contributed by atoms with Crippen molar-refractivity contribution in [3.8, 4) is 0 Å². The zero-order valence-electron chi connectivity index (χ0n) is 19.5. The van der Waals surface area contributed by atoms with E-state index in [4.69, 9.17) is 10.8 Å². The third-order valence-corrected chi connectivity index (χ3v) is 6.68. The summed E-state index contributed by atoms with van der Waals surface area (Å²) < 4.78 is 41.0. The van der Waals surface area contributed by atoms with Crippen molar-refractivity contribution in [2.75, 3.05) is 6.54 Å². The molecule has 0 saturated carbocycles. The molecular weight excluding hydrogens is 491 g/mol. The number of hydrogen-bond donors (Lipinski definition) is 3. The smallest absolute Gasteiger partial charge is 0.426 e. The molecule has 4 N–H and O–H groups in total. The molecule has 0 bridgehead atoms. The molecule has 1 aromatic carbocycles. The fourth-order valence-electron chi connectivity index (χ4n) is 3.42. The van der Waals surface area contributed by atoms with Crippen LogP contribution < -0.4 is 11.1 Å². The van der Waals surface area contributed by atoms with Gasteiger partial charge in [-0.2, -0.15) is 18.2 Å². The normalized spacial score (nSPS) is 14.9. The van der Waals surface area contributed by atoms with Crippen LogP contribution in [-0.2, 0) is 17.5 Å². The molecule has 1 amide bonds. The van der Waals surface area contributed by atoms with Crippen LogP contribution in [0.5, 0.6) is 0 Å². The molecule has 1 aliphatic rings. The van der Waals surface area contributed by atoms with Gasteiger partial charge in [-0.3, -0.25) is 9.59 Å². The number of aliphatic imine (C=N–C) groups is 1. The van der Waals surface area contributed by atoms with E-state index in [1.807, 2.05) is 0 Å². The molecule has 0 spiro atoms. The van der Waals surface area contributed by atoms with Crippen LogP contribution in [0.1, 0.15) is 51.0 Å². The number of carboxylic acids is 1. The summed E-state index contributed by atoms with van der Waals surface area (Å²) in [6.45, 7) is 2.70. The van der Waals surface area contributed by atoms with Crippen molar-refractivity contribution in [2.24, 2.45) is 16.6 Å². The number of thiophene rings is 1. The highest BCUT2D eigenvalue weighted by Gasteiger charge is 2.37. The van der Waals surface area contributed by atoms with Gasteiger partial charge in [-0.25, -0.2) is 0 Å². The Hall–Kier alpha value is -3.50. The summed E-state index contributed by atoms with van der Waals surface area (Å²) in [7, 11) is 0. The summed E-state index contributed by atoms with van der Waals surface area (Å²) in [4.78, 5) is 26.4. The standard InChI is InChI=1S/C26H26F3N3O3S/c1-16(25(34)35)12-13-31-15-17-8-10-19(11-9-17)23(30)32-24(33)21-14-20(22(36-21)26(27,28)29)18-6-4-2-3-5-7-18/h2-6,8-11,14,16,31H,7,12-13,15H2,1H3,(H,34,35)(H2,30,32,33). The fourth-order valence-corrected chi connectivity index (χ4v) is 4.37. The number of carbonyl (C=O) groups excluding carboxylic acids is 1. The zero-order chi connectivity index (χ0) is 26.3. The molecule has 10 heteroatoms. The van der Waals surface area contributed by atoms with Crippen LogP contribution in [0.3, 0.4) is 0 Å². The van der Waals surface area contributed by atoms with Gasteiger partial charge in [0.25, 0.3) is 5.91 Å². The summed E-state index contributed by atoms with van der Waals surface area (Å²) >= 11 is 0.358. The van der Waals surface area contributed by atoms with Gasteiger partial charge < -0.3 is 16.2 Å². The Morgan fingerprint density at radius 1 is 1.19 bits per heavy atom. The Bertz CT molecular complexity index is 1230. The van der Waals surface area contributed by atoms with Crippen molar-refractivity contribution in [3.05, 3.63) is 87.2 Å². The molecule has 190 valence electrons. The van der Waals surface area contributed by atoms with Crippen LogP contribution in [0.4, 0.5) is 13.2 Å². The van der Waals surface area contributed by atoms with Crippen LogP contribution >= 0.6 is 11.3 Å². The molecule has 3 rings (SSSR count). The van der Waals surface area contributed by atoms with Crippen molar-refractivity contribution in [1.29, 1.82) is 0 Å². The Balaban J connectivity index is 1.71. The SMILES string of the molecule is CC(CCNCc1ccc(C(N)=NC(=O)c2cc(C3=CC=CC=CC3)c(C(F)(F)F)s2)cc1)C(=O)O. The number of carbonyl (C=O) groups is 2. The predicted octanol–water partition coefficient (Wildman–Crippen LogP) is 5.41. The molecular formula is C26H26F3N3O3S. The Kier molecular flexibility index (Phi) is 9.00. The number of halogens is 3. The third kappa shape index (κ3) is 7.25. The van der Waals surface area contributed by atoms with Gasteiger partial charge in [0.2, 0.25) is 0 Å². The van der Waals surface area contributed by atoms with E-state index in [-0.39, 0.29) is 16.3 Å². The van der Waals surface area contributed by atoms with E-state index >= 15 is 0 Å². The first-order chi connectivity index (χ1) is 17.1. The minimum atomic E-state index is -4.61. The van der Waals surface area contributed by atoms with E-state index in [0.29, 0.717) is 48.4 Å². The lowest BCUT2D eigenvalue weighted by Gasteiger charge is -2.09. The van der Waals surface area contributed by atoms with Gasteiger partial charge in [0, 0.05) is 17.7 Å². The number of amidine groups is 1. The van der Waals surface area contributed by atoms with Gasteiger partial charge >= 0.3 is 12.1 Å². The van der Waals surface area contributed by atoms with E-state index in [0.717, 1.165) is 5.56 Å². The number of allylic oxidation sites excluding steroid dienone is 6. The lowest BCUT2D eigenvalue weighted by Crippen LogP contribution is -2.20. The van der Waals surface area contributed by atoms with E-state index in [9.17, 15) is 22.8 Å². The number of nitrogens with one attached hydrogen (secondary N) is 1. The number of alkyl halides is 3. The van der Waals surface area contributed by atoms with Gasteiger partial charge in [0.1, 0.15) is 10.7 Å². The Morgan fingerprint density at radius 3 is 2.58 bits per heavy atom. The van der Waals surface area contributed by atoms with Crippen molar-refractivity contribution in [2.45, 2.75) is 32.5 Å². The highest BCUT2D eigenvalue weighted by atomic mass is 32.1. The lowest BCUT2D eigenvalue weighted by molar-refractivity contribution is -0.141. The molecule has 0 radical (unpaired) electrons. The molecule has 1 atom stereocenters. The first-order valence-corrected chi connectivity index (χ1v) is 12.0. The van der Waals surface area contributed by atoms with Crippen LogP contribution in [-0.4, -0.2) is 29.4 Å². The molecule has 1 aliphatic carbocycles. The number of amides is 1. The molecule has 36 heavy (non-hydrogen) atoms. The molecule has 1 aromatic heterocycles. The second-order valence-electron chi connectivity index (χ2n) is 8.26. The average Bonchev–Trinajstić information content (AvgIpc) is 3.12. The van der Waals surface area contributed by atoms with Gasteiger partial charge in [0.15, 0.2) is 0 Å². The lowest BCUT2D eigenvalue weighted by atomic mass is 10.0. The average molecular weight is 518 g/mol. The second-order valence-corrected chi connectivity index (χ2v) is 9.32. The van der Waals surface area contributed by atoms with Crippen molar-refractivity contribution in [3.63, 3.8) is 0 Å². The first kappa shape index (κ1) is 27.1. The molecule has 1 heterocycles. The van der Waals surface area contributed by atoms with E-state index in [1.54, 1.807) is 61.6 Å². The summed E-state index contributed by atoms with van der Waals surface area (Å²) in [6, 6.07) is 8.12. The van der Waals surface area contributed by atoms with Gasteiger partial charge in [-0.1, -0.05) is 61.6 Å². The Morgan fingerprint density at radius 2 is 1.92 bits per heavy atom. The number of benzene rings is 1. The first-order valence-electron chi connectivity index (χ1n) is 11.2. The molecule has 0 fully saturated rings. The maximum atomic E-state index is 13.7. The number of carboxylic acid groups (broad SMARTS) is 1. The van der Waals surface area contributed by atoms with E-state index < -0.39 is 28.8 Å². The topological polar surface area (TPSA) is 105 Å². The number of nitrogens with two attached hydrogens (primary N) is 1. The number of hydrogen-bond acceptors (Lipinski definition) is 4. The highest BCUT2D eigenvalue weighted by molar-refractivity contribution is 7.14. The summed E-state index contributed by atoms with van der Waals surface area (Å²) in [5.74, 6) is -2.21. The van der Waals surface area contributed by atoms with Gasteiger partial charge in [-0.15, -0.1) is 11.3 Å². The van der Waals surface area contributed by atoms with Gasteiger partial charge in [-0.05, 0) is 36.6 Å². The number of aliphatic carboxylic acids is 1.